The fourth-order valence-corrected chi connectivity index (χ4v) is 3.42. The van der Waals surface area contributed by atoms with Gasteiger partial charge in [0.25, 0.3) is 0 Å². The number of ketones is 1. The Kier molecular flexibility index (Phi) is 4.71. The highest BCUT2D eigenvalue weighted by Crippen LogP contribution is 2.23. The molecule has 1 fully saturated rings. The summed E-state index contributed by atoms with van der Waals surface area (Å²) >= 11 is 0. The first kappa shape index (κ1) is 14.7. The van der Waals surface area contributed by atoms with Gasteiger partial charge in [-0.1, -0.05) is 19.1 Å². The Bertz CT molecular complexity index is 506. The lowest BCUT2D eigenvalue weighted by atomic mass is 10.0. The van der Waals surface area contributed by atoms with Crippen LogP contribution in [0.25, 0.3) is 0 Å². The van der Waals surface area contributed by atoms with Crippen molar-refractivity contribution >= 4 is 5.78 Å². The van der Waals surface area contributed by atoms with Crippen molar-refractivity contribution in [1.82, 2.24) is 4.90 Å². The van der Waals surface area contributed by atoms with Gasteiger partial charge in [-0.05, 0) is 55.8 Å². The van der Waals surface area contributed by atoms with Crippen LogP contribution < -0.4 is 0 Å². The Hall–Kier alpha value is -1.19. The fourth-order valence-electron chi connectivity index (χ4n) is 3.42. The molecule has 114 valence electrons. The van der Waals surface area contributed by atoms with E-state index in [4.69, 9.17) is 4.74 Å². The van der Waals surface area contributed by atoms with Gasteiger partial charge in [0.2, 0.25) is 0 Å². The molecule has 1 unspecified atom stereocenters. The molecule has 2 aliphatic rings. The predicted molar refractivity (Wildman–Crippen MR) is 83.9 cm³/mol. The monoisotopic (exact) mass is 287 g/mol. The molecule has 1 heterocycles. The Balaban J connectivity index is 1.61. The van der Waals surface area contributed by atoms with Gasteiger partial charge < -0.3 is 4.74 Å². The number of fused-ring (bicyclic) bond motifs is 1. The highest BCUT2D eigenvalue weighted by molar-refractivity contribution is 5.97. The summed E-state index contributed by atoms with van der Waals surface area (Å²) in [4.78, 5) is 14.7. The molecule has 1 aliphatic carbocycles. The molecule has 0 radical (unpaired) electrons. The second-order valence-corrected chi connectivity index (χ2v) is 6.22. The Morgan fingerprint density at radius 2 is 2.14 bits per heavy atom. The molecule has 0 aromatic heterocycles. The lowest BCUT2D eigenvalue weighted by Crippen LogP contribution is -2.36. The summed E-state index contributed by atoms with van der Waals surface area (Å²) in [6, 6.07) is 6.27. The van der Waals surface area contributed by atoms with Crippen molar-refractivity contribution in [3.8, 4) is 0 Å². The average Bonchev–Trinajstić information content (AvgIpc) is 3.16. The molecular formula is C18H25NO2. The predicted octanol–water partition coefficient (Wildman–Crippen LogP) is 2.86. The summed E-state index contributed by atoms with van der Waals surface area (Å²) in [5.74, 6) is 0.240. The van der Waals surface area contributed by atoms with Crippen molar-refractivity contribution in [2.75, 3.05) is 26.2 Å². The summed E-state index contributed by atoms with van der Waals surface area (Å²) < 4.78 is 5.68. The maximum Gasteiger partial charge on any atom is 0.176 e. The van der Waals surface area contributed by atoms with Crippen LogP contribution in [0, 0.1) is 0 Å². The molecule has 0 spiro atoms. The number of nitrogens with zero attached hydrogens (tertiary/aromatic N) is 1. The van der Waals surface area contributed by atoms with Crippen LogP contribution in [0.3, 0.4) is 0 Å². The molecule has 1 aromatic rings. The Labute approximate surface area is 127 Å². The summed E-state index contributed by atoms with van der Waals surface area (Å²) in [7, 11) is 0. The van der Waals surface area contributed by atoms with Gasteiger partial charge in [0.1, 0.15) is 0 Å². The number of likely N-dealkylation sites (N-methyl/N-ethyl adjacent to an activating group) is 1. The van der Waals surface area contributed by atoms with Crippen molar-refractivity contribution in [3.05, 3.63) is 34.9 Å². The van der Waals surface area contributed by atoms with E-state index >= 15 is 0 Å². The number of hydrogen-bond acceptors (Lipinski definition) is 3. The number of benzene rings is 1. The molecule has 0 saturated carbocycles. The van der Waals surface area contributed by atoms with E-state index in [0.29, 0.717) is 12.6 Å². The lowest BCUT2D eigenvalue weighted by Gasteiger charge is -2.23. The summed E-state index contributed by atoms with van der Waals surface area (Å²) in [6.07, 6.45) is 6.13. The van der Waals surface area contributed by atoms with Crippen LogP contribution in [0.5, 0.6) is 0 Å². The van der Waals surface area contributed by atoms with Crippen molar-refractivity contribution in [3.63, 3.8) is 0 Å². The van der Waals surface area contributed by atoms with E-state index in [1.54, 1.807) is 0 Å². The molecule has 1 aromatic carbocycles. The first-order valence-corrected chi connectivity index (χ1v) is 8.25. The Morgan fingerprint density at radius 3 is 2.90 bits per heavy atom. The van der Waals surface area contributed by atoms with E-state index in [1.807, 2.05) is 6.07 Å². The molecule has 0 amide bonds. The van der Waals surface area contributed by atoms with Gasteiger partial charge in [0, 0.05) is 18.7 Å². The van der Waals surface area contributed by atoms with Crippen molar-refractivity contribution in [1.29, 1.82) is 0 Å². The zero-order valence-electron chi connectivity index (χ0n) is 12.9. The third-order valence-corrected chi connectivity index (χ3v) is 4.72. The van der Waals surface area contributed by atoms with Gasteiger partial charge in [-0.3, -0.25) is 9.69 Å². The van der Waals surface area contributed by atoms with Crippen LogP contribution in [0.1, 0.15) is 47.7 Å². The molecule has 1 saturated heterocycles. The smallest absolute Gasteiger partial charge is 0.176 e. The second-order valence-electron chi connectivity index (χ2n) is 6.22. The minimum Gasteiger partial charge on any atom is -0.377 e. The highest BCUT2D eigenvalue weighted by Gasteiger charge is 2.21. The molecule has 1 aliphatic heterocycles. The van der Waals surface area contributed by atoms with Gasteiger partial charge in [-0.2, -0.15) is 0 Å². The van der Waals surface area contributed by atoms with E-state index in [-0.39, 0.29) is 5.78 Å². The van der Waals surface area contributed by atoms with Crippen LogP contribution in [-0.4, -0.2) is 43.0 Å². The number of rotatable bonds is 6. The van der Waals surface area contributed by atoms with Crippen LogP contribution in [0.2, 0.25) is 0 Å². The molecule has 0 N–H and O–H groups in total. The van der Waals surface area contributed by atoms with E-state index < -0.39 is 0 Å². The molecular weight excluding hydrogens is 262 g/mol. The molecule has 3 heteroatoms. The van der Waals surface area contributed by atoms with Crippen LogP contribution in [-0.2, 0) is 17.6 Å². The van der Waals surface area contributed by atoms with Gasteiger partial charge in [0.05, 0.1) is 12.6 Å². The number of Topliss-reactive ketones (excluding diaryl/α,β-unsaturated/α-hetero) is 1. The highest BCUT2D eigenvalue weighted by atomic mass is 16.5. The van der Waals surface area contributed by atoms with Crippen molar-refractivity contribution in [2.24, 2.45) is 0 Å². The molecule has 21 heavy (non-hydrogen) atoms. The zero-order valence-corrected chi connectivity index (χ0v) is 12.9. The van der Waals surface area contributed by atoms with E-state index in [0.717, 1.165) is 44.5 Å². The number of carbonyl (C=O) groups excluding carboxylic acids is 1. The minimum absolute atomic E-state index is 0.240. The number of aryl methyl sites for hydroxylation is 2. The quantitative estimate of drug-likeness (QED) is 0.754. The average molecular weight is 287 g/mol. The summed E-state index contributed by atoms with van der Waals surface area (Å²) in [5.41, 5.74) is 3.68. The molecule has 0 bridgehead atoms. The van der Waals surface area contributed by atoms with E-state index in [1.165, 1.54) is 24.0 Å². The molecule has 3 nitrogen and oxygen atoms in total. The van der Waals surface area contributed by atoms with Gasteiger partial charge in [-0.25, -0.2) is 0 Å². The maximum atomic E-state index is 12.5. The van der Waals surface area contributed by atoms with Crippen LogP contribution >= 0.6 is 0 Å². The van der Waals surface area contributed by atoms with Crippen LogP contribution in [0.15, 0.2) is 18.2 Å². The standard InChI is InChI=1S/C18H25NO2/c1-2-19(12-17-7-4-10-21-17)13-18(20)16-9-8-14-5-3-6-15(14)11-16/h8-9,11,17H,2-7,10,12-13H2,1H3. The normalized spacial score (nSPS) is 21.0. The summed E-state index contributed by atoms with van der Waals surface area (Å²) in [5, 5.41) is 0. The third kappa shape index (κ3) is 3.53. The fraction of sp³-hybridized carbons (Fsp3) is 0.611. The number of hydrogen-bond donors (Lipinski definition) is 0. The van der Waals surface area contributed by atoms with Crippen molar-refractivity contribution in [2.45, 2.75) is 45.1 Å². The maximum absolute atomic E-state index is 12.5. The van der Waals surface area contributed by atoms with Gasteiger partial charge in [-0.15, -0.1) is 0 Å². The lowest BCUT2D eigenvalue weighted by molar-refractivity contribution is 0.0686. The van der Waals surface area contributed by atoms with Crippen molar-refractivity contribution < 1.29 is 9.53 Å². The van der Waals surface area contributed by atoms with Crippen LogP contribution in [0.4, 0.5) is 0 Å². The topological polar surface area (TPSA) is 29.5 Å². The van der Waals surface area contributed by atoms with Gasteiger partial charge >= 0.3 is 0 Å². The number of carbonyl (C=O) groups is 1. The number of ether oxygens (including phenoxy) is 1. The Morgan fingerprint density at radius 1 is 1.29 bits per heavy atom. The largest absolute Gasteiger partial charge is 0.377 e. The minimum atomic E-state index is 0.240. The summed E-state index contributed by atoms with van der Waals surface area (Å²) in [6.45, 7) is 5.28. The van der Waals surface area contributed by atoms with Gasteiger partial charge in [0.15, 0.2) is 5.78 Å². The zero-order chi connectivity index (χ0) is 14.7. The van der Waals surface area contributed by atoms with E-state index in [2.05, 4.69) is 24.0 Å². The van der Waals surface area contributed by atoms with E-state index in [9.17, 15) is 4.79 Å². The first-order chi connectivity index (χ1) is 10.3. The SMILES string of the molecule is CCN(CC(=O)c1ccc2c(c1)CCC2)CC1CCCO1. The molecule has 3 rings (SSSR count). The second kappa shape index (κ2) is 6.71. The first-order valence-electron chi connectivity index (χ1n) is 8.25. The molecule has 1 atom stereocenters. The third-order valence-electron chi connectivity index (χ3n) is 4.72.